The van der Waals surface area contributed by atoms with Crippen LogP contribution < -0.4 is 5.32 Å². The van der Waals surface area contributed by atoms with Crippen molar-refractivity contribution in [2.45, 2.75) is 19.0 Å². The molecule has 0 saturated heterocycles. The zero-order valence-corrected chi connectivity index (χ0v) is 11.9. The molecule has 0 spiro atoms. The fourth-order valence-corrected chi connectivity index (χ4v) is 2.72. The number of amides is 1. The lowest BCUT2D eigenvalue weighted by Gasteiger charge is -2.21. The number of nitrogens with zero attached hydrogens (tertiary/aromatic N) is 1. The number of phenols is 1. The average molecular weight is 282 g/mol. The molecule has 0 aliphatic carbocycles. The second-order valence-corrected chi connectivity index (χ2v) is 5.42. The molecule has 1 aliphatic rings. The van der Waals surface area contributed by atoms with Gasteiger partial charge in [-0.2, -0.15) is 0 Å². The minimum absolute atomic E-state index is 0.0644. The number of rotatable bonds is 3. The molecule has 1 amide bonds. The van der Waals surface area contributed by atoms with Crippen molar-refractivity contribution in [3.63, 3.8) is 0 Å². The summed E-state index contributed by atoms with van der Waals surface area (Å²) in [4.78, 5) is 14.2. The normalized spacial score (nSPS) is 16.1. The highest BCUT2D eigenvalue weighted by Crippen LogP contribution is 2.26. The number of fused-ring (bicyclic) bond motifs is 1. The zero-order chi connectivity index (χ0) is 14.8. The molecule has 0 saturated carbocycles. The molecule has 4 nitrogen and oxygen atoms in total. The van der Waals surface area contributed by atoms with Gasteiger partial charge in [0, 0.05) is 25.7 Å². The van der Waals surface area contributed by atoms with Crippen LogP contribution in [0.3, 0.4) is 0 Å². The zero-order valence-electron chi connectivity index (χ0n) is 11.9. The quantitative estimate of drug-likeness (QED) is 0.909. The highest BCUT2D eigenvalue weighted by Gasteiger charge is 2.28. The summed E-state index contributed by atoms with van der Waals surface area (Å²) in [6.07, 6.45) is 0.722. The third-order valence-electron chi connectivity index (χ3n) is 3.78. The number of hydrogen-bond acceptors (Lipinski definition) is 3. The monoisotopic (exact) mass is 282 g/mol. The second kappa shape index (κ2) is 5.48. The Kier molecular flexibility index (Phi) is 3.52. The number of phenolic OH excluding ortho intramolecular Hbond substituents is 1. The molecule has 21 heavy (non-hydrogen) atoms. The Morgan fingerprint density at radius 2 is 2.10 bits per heavy atom. The van der Waals surface area contributed by atoms with E-state index in [2.05, 4.69) is 5.32 Å². The number of nitrogens with one attached hydrogen (secondary N) is 1. The highest BCUT2D eigenvalue weighted by molar-refractivity contribution is 5.87. The fourth-order valence-electron chi connectivity index (χ4n) is 2.72. The van der Waals surface area contributed by atoms with Crippen molar-refractivity contribution in [3.8, 4) is 5.75 Å². The van der Waals surface area contributed by atoms with Gasteiger partial charge in [0.2, 0.25) is 5.91 Å². The summed E-state index contributed by atoms with van der Waals surface area (Å²) in [6.45, 7) is 0.488. The first kappa shape index (κ1) is 13.5. The van der Waals surface area contributed by atoms with Crippen LogP contribution in [0.25, 0.3) is 0 Å². The minimum Gasteiger partial charge on any atom is -0.508 e. The third kappa shape index (κ3) is 2.84. The van der Waals surface area contributed by atoms with E-state index < -0.39 is 0 Å². The first-order valence-electron chi connectivity index (χ1n) is 7.01. The smallest absolute Gasteiger partial charge is 0.245 e. The van der Waals surface area contributed by atoms with E-state index in [0.717, 1.165) is 17.7 Å². The van der Waals surface area contributed by atoms with Crippen molar-refractivity contribution in [2.24, 2.45) is 0 Å². The summed E-state index contributed by atoms with van der Waals surface area (Å²) in [6, 6.07) is 14.8. The van der Waals surface area contributed by atoms with Crippen LogP contribution in [0.4, 0.5) is 5.69 Å². The lowest BCUT2D eigenvalue weighted by atomic mass is 10.1. The van der Waals surface area contributed by atoms with Crippen LogP contribution in [0.1, 0.15) is 11.1 Å². The summed E-state index contributed by atoms with van der Waals surface area (Å²) in [7, 11) is 1.79. The lowest BCUT2D eigenvalue weighted by Crippen LogP contribution is -2.39. The SMILES string of the molecule is CN(Cc1cccc(O)c1)C(=O)[C@@H]1Cc2ccccc2N1. The first-order valence-corrected chi connectivity index (χ1v) is 7.01. The van der Waals surface area contributed by atoms with Crippen molar-refractivity contribution in [1.82, 2.24) is 4.90 Å². The van der Waals surface area contributed by atoms with Gasteiger partial charge in [-0.15, -0.1) is 0 Å². The summed E-state index contributed by atoms with van der Waals surface area (Å²) < 4.78 is 0. The van der Waals surface area contributed by atoms with Crippen molar-refractivity contribution in [1.29, 1.82) is 0 Å². The van der Waals surface area contributed by atoms with Crippen LogP contribution in [0, 0.1) is 0 Å². The minimum atomic E-state index is -0.204. The van der Waals surface area contributed by atoms with E-state index in [-0.39, 0.29) is 17.7 Å². The number of aromatic hydroxyl groups is 1. The summed E-state index contributed by atoms with van der Waals surface area (Å²) in [5.41, 5.74) is 3.14. The molecule has 4 heteroatoms. The lowest BCUT2D eigenvalue weighted by molar-refractivity contribution is -0.131. The van der Waals surface area contributed by atoms with Gasteiger partial charge in [0.1, 0.15) is 11.8 Å². The van der Waals surface area contributed by atoms with Crippen LogP contribution in [0.2, 0.25) is 0 Å². The van der Waals surface area contributed by atoms with Crippen LogP contribution in [0.5, 0.6) is 5.75 Å². The van der Waals surface area contributed by atoms with E-state index >= 15 is 0 Å². The molecule has 0 unspecified atom stereocenters. The number of benzene rings is 2. The molecule has 2 N–H and O–H groups in total. The van der Waals surface area contributed by atoms with Gasteiger partial charge in [0.25, 0.3) is 0 Å². The summed E-state index contributed by atoms with van der Waals surface area (Å²) in [5.74, 6) is 0.286. The number of para-hydroxylation sites is 1. The number of hydrogen-bond donors (Lipinski definition) is 2. The van der Waals surface area contributed by atoms with Gasteiger partial charge in [-0.3, -0.25) is 4.79 Å². The van der Waals surface area contributed by atoms with Crippen molar-refractivity contribution >= 4 is 11.6 Å². The first-order chi connectivity index (χ1) is 10.1. The second-order valence-electron chi connectivity index (χ2n) is 5.42. The molecule has 1 heterocycles. The predicted molar refractivity (Wildman–Crippen MR) is 82.1 cm³/mol. The molecule has 3 rings (SSSR count). The van der Waals surface area contributed by atoms with E-state index in [1.807, 2.05) is 30.3 Å². The molecular weight excluding hydrogens is 264 g/mol. The van der Waals surface area contributed by atoms with E-state index in [1.165, 1.54) is 5.56 Å². The highest BCUT2D eigenvalue weighted by atomic mass is 16.3. The Balaban J connectivity index is 1.66. The molecule has 0 aromatic heterocycles. The van der Waals surface area contributed by atoms with Gasteiger partial charge in [0.15, 0.2) is 0 Å². The van der Waals surface area contributed by atoms with Gasteiger partial charge >= 0.3 is 0 Å². The van der Waals surface area contributed by atoms with Gasteiger partial charge in [-0.25, -0.2) is 0 Å². The van der Waals surface area contributed by atoms with Crippen molar-refractivity contribution < 1.29 is 9.90 Å². The van der Waals surface area contributed by atoms with Crippen molar-refractivity contribution in [3.05, 3.63) is 59.7 Å². The average Bonchev–Trinajstić information content (AvgIpc) is 2.90. The Morgan fingerprint density at radius 3 is 2.86 bits per heavy atom. The number of carbonyl (C=O) groups excluding carboxylic acids is 1. The number of likely N-dealkylation sites (N-methyl/N-ethyl adjacent to an activating group) is 1. The maximum Gasteiger partial charge on any atom is 0.245 e. The molecule has 108 valence electrons. The summed E-state index contributed by atoms with van der Waals surface area (Å²) >= 11 is 0. The summed E-state index contributed by atoms with van der Waals surface area (Å²) in [5, 5.41) is 12.8. The molecule has 1 aliphatic heterocycles. The van der Waals surface area contributed by atoms with E-state index in [9.17, 15) is 9.90 Å². The molecule has 2 aromatic rings. The van der Waals surface area contributed by atoms with Crippen molar-refractivity contribution in [2.75, 3.05) is 12.4 Å². The Morgan fingerprint density at radius 1 is 1.29 bits per heavy atom. The van der Waals surface area contributed by atoms with Crippen LogP contribution in [-0.2, 0) is 17.8 Å². The van der Waals surface area contributed by atoms with Gasteiger partial charge in [-0.1, -0.05) is 30.3 Å². The van der Waals surface area contributed by atoms with Gasteiger partial charge < -0.3 is 15.3 Å². The van der Waals surface area contributed by atoms with E-state index in [4.69, 9.17) is 0 Å². The molecule has 0 radical (unpaired) electrons. The maximum atomic E-state index is 12.5. The molecule has 2 aromatic carbocycles. The Hall–Kier alpha value is -2.49. The standard InChI is InChI=1S/C17H18N2O2/c1-19(11-12-5-4-7-14(20)9-12)17(21)16-10-13-6-2-3-8-15(13)18-16/h2-9,16,18,20H,10-11H2,1H3/t16-/m0/s1. The van der Waals surface area contributed by atoms with Gasteiger partial charge in [-0.05, 0) is 29.3 Å². The third-order valence-corrected chi connectivity index (χ3v) is 3.78. The maximum absolute atomic E-state index is 12.5. The number of carbonyl (C=O) groups is 1. The Bertz CT molecular complexity index is 644. The van der Waals surface area contributed by atoms with Crippen LogP contribution >= 0.6 is 0 Å². The Labute approximate surface area is 124 Å². The number of anilines is 1. The molecule has 0 bridgehead atoms. The van der Waals surface area contributed by atoms with E-state index in [1.54, 1.807) is 30.1 Å². The largest absolute Gasteiger partial charge is 0.508 e. The van der Waals surface area contributed by atoms with Crippen LogP contribution in [-0.4, -0.2) is 29.0 Å². The molecule has 1 atom stereocenters. The fraction of sp³-hybridized carbons (Fsp3) is 0.235. The van der Waals surface area contributed by atoms with Crippen LogP contribution in [0.15, 0.2) is 48.5 Å². The molecular formula is C17H18N2O2. The van der Waals surface area contributed by atoms with Gasteiger partial charge in [0.05, 0.1) is 0 Å². The van der Waals surface area contributed by atoms with E-state index in [0.29, 0.717) is 6.54 Å². The predicted octanol–water partition coefficient (Wildman–Crippen LogP) is 2.39. The topological polar surface area (TPSA) is 52.6 Å². The molecule has 0 fully saturated rings.